The largest absolute Gasteiger partial charge is 0.481 e. The van der Waals surface area contributed by atoms with E-state index in [9.17, 15) is 13.5 Å². The third kappa shape index (κ3) is 3.12. The zero-order valence-corrected chi connectivity index (χ0v) is 15.0. The standard InChI is InChI=1S/C16H16N6O4S/c1-26-13-5-4-11-14-12(7-19-15(11)21-13)20-16(23)22(14)8-9-2-3-10(6-18-9)27(17,24)25/h2-7,16,20,23H,8H2,1H3,(H2,17,24,25). The van der Waals surface area contributed by atoms with Crippen LogP contribution >= 0.6 is 0 Å². The maximum absolute atomic E-state index is 11.4. The number of aliphatic hydroxyl groups is 1. The van der Waals surface area contributed by atoms with E-state index in [2.05, 4.69) is 20.3 Å². The molecule has 11 heteroatoms. The maximum atomic E-state index is 11.4. The van der Waals surface area contributed by atoms with Gasteiger partial charge in [-0.15, -0.1) is 0 Å². The van der Waals surface area contributed by atoms with Gasteiger partial charge in [0, 0.05) is 17.6 Å². The molecule has 4 N–H and O–H groups in total. The van der Waals surface area contributed by atoms with Gasteiger partial charge in [0.25, 0.3) is 0 Å². The number of methoxy groups -OCH3 is 1. The lowest BCUT2D eigenvalue weighted by atomic mass is 10.2. The Bertz CT molecular complexity index is 1120. The highest BCUT2D eigenvalue weighted by molar-refractivity contribution is 7.89. The van der Waals surface area contributed by atoms with Crippen LogP contribution in [0, 0.1) is 0 Å². The molecule has 0 saturated heterocycles. The van der Waals surface area contributed by atoms with E-state index in [0.29, 0.717) is 22.9 Å². The fraction of sp³-hybridized carbons (Fsp3) is 0.188. The van der Waals surface area contributed by atoms with Gasteiger partial charge in [0.05, 0.1) is 36.9 Å². The number of nitrogens with one attached hydrogen (secondary N) is 1. The average molecular weight is 388 g/mol. The first kappa shape index (κ1) is 17.4. The molecule has 0 fully saturated rings. The molecule has 4 rings (SSSR count). The first-order valence-electron chi connectivity index (χ1n) is 7.89. The Balaban J connectivity index is 1.72. The van der Waals surface area contributed by atoms with E-state index in [4.69, 9.17) is 9.88 Å². The highest BCUT2D eigenvalue weighted by Crippen LogP contribution is 2.39. The molecule has 1 aliphatic heterocycles. The van der Waals surface area contributed by atoms with Crippen LogP contribution in [0.2, 0.25) is 0 Å². The fourth-order valence-electron chi connectivity index (χ4n) is 2.93. The maximum Gasteiger partial charge on any atom is 0.239 e. The van der Waals surface area contributed by atoms with Crippen molar-refractivity contribution in [1.29, 1.82) is 0 Å². The molecule has 0 radical (unpaired) electrons. The van der Waals surface area contributed by atoms with Crippen molar-refractivity contribution in [2.45, 2.75) is 17.8 Å². The monoisotopic (exact) mass is 388 g/mol. The van der Waals surface area contributed by atoms with E-state index in [1.54, 1.807) is 23.2 Å². The number of primary sulfonamides is 1. The van der Waals surface area contributed by atoms with Gasteiger partial charge in [0.2, 0.25) is 22.3 Å². The predicted molar refractivity (Wildman–Crippen MR) is 97.5 cm³/mol. The van der Waals surface area contributed by atoms with Crippen molar-refractivity contribution in [3.63, 3.8) is 0 Å². The summed E-state index contributed by atoms with van der Waals surface area (Å²) >= 11 is 0. The molecule has 4 heterocycles. The Morgan fingerprint density at radius 3 is 2.74 bits per heavy atom. The number of hydrogen-bond acceptors (Lipinski definition) is 9. The fourth-order valence-corrected chi connectivity index (χ4v) is 3.38. The molecule has 0 aliphatic carbocycles. The lowest BCUT2D eigenvalue weighted by molar-refractivity contribution is 0.202. The molecule has 27 heavy (non-hydrogen) atoms. The molecule has 0 aromatic carbocycles. The van der Waals surface area contributed by atoms with Crippen LogP contribution in [-0.4, -0.2) is 41.9 Å². The number of fused-ring (bicyclic) bond motifs is 3. The Hall–Kier alpha value is -3.02. The number of aromatic nitrogens is 3. The van der Waals surface area contributed by atoms with E-state index in [1.165, 1.54) is 19.4 Å². The van der Waals surface area contributed by atoms with Gasteiger partial charge in [-0.3, -0.25) is 4.98 Å². The molecule has 10 nitrogen and oxygen atoms in total. The molecule has 1 unspecified atom stereocenters. The Labute approximate surface area is 154 Å². The highest BCUT2D eigenvalue weighted by atomic mass is 32.2. The smallest absolute Gasteiger partial charge is 0.239 e. The number of ether oxygens (including phenoxy) is 1. The molecular weight excluding hydrogens is 372 g/mol. The summed E-state index contributed by atoms with van der Waals surface area (Å²) in [6, 6.07) is 6.46. The third-order valence-electron chi connectivity index (χ3n) is 4.21. The molecule has 0 saturated carbocycles. The van der Waals surface area contributed by atoms with Crippen LogP contribution in [-0.2, 0) is 16.6 Å². The number of aliphatic hydroxyl groups excluding tert-OH is 1. The second-order valence-electron chi connectivity index (χ2n) is 5.92. The molecule has 140 valence electrons. The minimum Gasteiger partial charge on any atom is -0.481 e. The summed E-state index contributed by atoms with van der Waals surface area (Å²) in [5, 5.41) is 19.2. The summed E-state index contributed by atoms with van der Waals surface area (Å²) in [5.74, 6) is 0.438. The molecule has 0 spiro atoms. The number of rotatable bonds is 4. The van der Waals surface area contributed by atoms with Gasteiger partial charge in [-0.05, 0) is 18.2 Å². The van der Waals surface area contributed by atoms with Crippen molar-refractivity contribution in [3.8, 4) is 5.88 Å². The van der Waals surface area contributed by atoms with E-state index in [1.807, 2.05) is 6.07 Å². The summed E-state index contributed by atoms with van der Waals surface area (Å²) in [7, 11) is -2.28. The predicted octanol–water partition coefficient (Wildman–Crippen LogP) is 0.389. The van der Waals surface area contributed by atoms with E-state index in [0.717, 1.165) is 11.1 Å². The number of anilines is 2. The van der Waals surface area contributed by atoms with Crippen LogP contribution in [0.25, 0.3) is 11.0 Å². The summed E-state index contributed by atoms with van der Waals surface area (Å²) in [4.78, 5) is 14.3. The van der Waals surface area contributed by atoms with Gasteiger partial charge in [-0.25, -0.2) is 18.5 Å². The normalized spacial score (nSPS) is 16.3. The second-order valence-corrected chi connectivity index (χ2v) is 7.48. The quantitative estimate of drug-likeness (QED) is 0.578. The van der Waals surface area contributed by atoms with E-state index >= 15 is 0 Å². The molecule has 3 aromatic heterocycles. The van der Waals surface area contributed by atoms with Crippen molar-refractivity contribution in [2.24, 2.45) is 5.14 Å². The SMILES string of the molecule is COc1ccc2c3c(cnc2n1)NC(O)N3Cc1ccc(S(N)(=O)=O)cn1. The molecule has 1 atom stereocenters. The molecule has 3 aromatic rings. The Morgan fingerprint density at radius 2 is 2.07 bits per heavy atom. The first-order valence-corrected chi connectivity index (χ1v) is 9.44. The molecular formula is C16H16N6O4S. The van der Waals surface area contributed by atoms with Gasteiger partial charge in [-0.2, -0.15) is 4.98 Å². The van der Waals surface area contributed by atoms with E-state index < -0.39 is 16.4 Å². The van der Waals surface area contributed by atoms with Crippen LogP contribution in [0.1, 0.15) is 5.69 Å². The summed E-state index contributed by atoms with van der Waals surface area (Å²) in [6.45, 7) is 0.233. The minimum atomic E-state index is -3.81. The van der Waals surface area contributed by atoms with Crippen molar-refractivity contribution in [1.82, 2.24) is 15.0 Å². The number of pyridine rings is 3. The third-order valence-corrected chi connectivity index (χ3v) is 5.11. The lowest BCUT2D eigenvalue weighted by Crippen LogP contribution is -2.35. The second kappa shape index (κ2) is 6.30. The molecule has 0 bridgehead atoms. The van der Waals surface area contributed by atoms with Gasteiger partial charge in [-0.1, -0.05) is 0 Å². The van der Waals surface area contributed by atoms with Gasteiger partial charge in [0.1, 0.15) is 4.90 Å². The average Bonchev–Trinajstić information content (AvgIpc) is 2.96. The van der Waals surface area contributed by atoms with Crippen LogP contribution in [0.15, 0.2) is 41.6 Å². The molecule has 1 aliphatic rings. The lowest BCUT2D eigenvalue weighted by Gasteiger charge is -2.23. The van der Waals surface area contributed by atoms with Crippen LogP contribution in [0.5, 0.6) is 5.88 Å². The topological polar surface area (TPSA) is 144 Å². The minimum absolute atomic E-state index is 0.0716. The van der Waals surface area contributed by atoms with E-state index in [-0.39, 0.29) is 11.4 Å². The summed E-state index contributed by atoms with van der Waals surface area (Å²) < 4.78 is 27.8. The van der Waals surface area contributed by atoms with Crippen molar-refractivity contribution in [2.75, 3.05) is 17.3 Å². The number of nitrogens with two attached hydrogens (primary N) is 1. The summed E-state index contributed by atoms with van der Waals surface area (Å²) in [5.41, 5.74) is 2.41. The number of nitrogens with zero attached hydrogens (tertiary/aromatic N) is 4. The summed E-state index contributed by atoms with van der Waals surface area (Å²) in [6.07, 6.45) is 1.79. The zero-order valence-electron chi connectivity index (χ0n) is 14.2. The van der Waals surface area contributed by atoms with Crippen molar-refractivity contribution in [3.05, 3.63) is 42.4 Å². The number of sulfonamides is 1. The Kier molecular flexibility index (Phi) is 4.06. The molecule has 0 amide bonds. The van der Waals surface area contributed by atoms with Crippen molar-refractivity contribution >= 4 is 32.4 Å². The van der Waals surface area contributed by atoms with Crippen LogP contribution in [0.3, 0.4) is 0 Å². The Morgan fingerprint density at radius 1 is 1.26 bits per heavy atom. The van der Waals surface area contributed by atoms with Crippen LogP contribution < -0.4 is 20.1 Å². The van der Waals surface area contributed by atoms with Gasteiger partial charge < -0.3 is 20.1 Å². The first-order chi connectivity index (χ1) is 12.9. The number of hydrogen-bond donors (Lipinski definition) is 3. The van der Waals surface area contributed by atoms with Gasteiger partial charge >= 0.3 is 0 Å². The van der Waals surface area contributed by atoms with Crippen molar-refractivity contribution < 1.29 is 18.3 Å². The zero-order chi connectivity index (χ0) is 19.2. The highest BCUT2D eigenvalue weighted by Gasteiger charge is 2.30. The van der Waals surface area contributed by atoms with Crippen LogP contribution in [0.4, 0.5) is 11.4 Å². The van der Waals surface area contributed by atoms with Gasteiger partial charge in [0.15, 0.2) is 5.65 Å².